The molecule has 0 aliphatic rings. The normalized spacial score (nSPS) is 11.9. The van der Waals surface area contributed by atoms with Crippen LogP contribution in [0.25, 0.3) is 11.3 Å². The van der Waals surface area contributed by atoms with Crippen LogP contribution in [0.4, 0.5) is 0 Å². The maximum absolute atomic E-state index is 11.1. The number of hydrogen-bond donors (Lipinski definition) is 0. The van der Waals surface area contributed by atoms with Gasteiger partial charge in [-0.1, -0.05) is 28.1 Å². The van der Waals surface area contributed by atoms with Gasteiger partial charge >= 0.3 is 0 Å². The molecule has 0 atom stereocenters. The predicted octanol–water partition coefficient (Wildman–Crippen LogP) is 3.27. The topological polar surface area (TPSA) is 34.4 Å². The molecule has 18 heavy (non-hydrogen) atoms. The molecule has 1 heterocycles. The number of halogens is 1. The highest BCUT2D eigenvalue weighted by atomic mass is 79.9. The van der Waals surface area contributed by atoms with E-state index in [4.69, 9.17) is 0 Å². The summed E-state index contributed by atoms with van der Waals surface area (Å²) in [5.74, 6) is -0.172. The zero-order chi connectivity index (χ0) is 13.3. The largest absolute Gasteiger partial charge is 0.319 e. The number of aryl methyl sites for hydroxylation is 1. The van der Waals surface area contributed by atoms with Crippen LogP contribution in [0.5, 0.6) is 0 Å². The molecule has 0 aliphatic heterocycles. The van der Waals surface area contributed by atoms with Crippen LogP contribution < -0.4 is 4.80 Å². The van der Waals surface area contributed by atoms with Crippen molar-refractivity contribution in [1.82, 2.24) is 4.57 Å². The van der Waals surface area contributed by atoms with Gasteiger partial charge in [0.05, 0.1) is 5.69 Å². The number of aromatic nitrogens is 1. The highest BCUT2D eigenvalue weighted by molar-refractivity contribution is 9.10. The van der Waals surface area contributed by atoms with Gasteiger partial charge in [0.2, 0.25) is 5.91 Å². The lowest BCUT2D eigenvalue weighted by atomic mass is 10.1. The maximum atomic E-state index is 11.1. The van der Waals surface area contributed by atoms with Gasteiger partial charge in [-0.2, -0.15) is 4.99 Å². The van der Waals surface area contributed by atoms with E-state index in [1.54, 1.807) is 0 Å². The third kappa shape index (κ3) is 2.62. The molecule has 0 aliphatic carbocycles. The van der Waals surface area contributed by atoms with Crippen LogP contribution in [0.1, 0.15) is 11.8 Å². The summed E-state index contributed by atoms with van der Waals surface area (Å²) in [5, 5.41) is 0. The van der Waals surface area contributed by atoms with E-state index in [0.717, 1.165) is 25.4 Å². The first-order chi connectivity index (χ1) is 8.49. The molecule has 1 amide bonds. The molecule has 1 aromatic heterocycles. The Labute approximate surface area is 118 Å². The Balaban J connectivity index is 2.62. The van der Waals surface area contributed by atoms with E-state index in [9.17, 15) is 4.79 Å². The van der Waals surface area contributed by atoms with Crippen molar-refractivity contribution in [3.8, 4) is 11.3 Å². The van der Waals surface area contributed by atoms with Crippen molar-refractivity contribution < 1.29 is 4.79 Å². The van der Waals surface area contributed by atoms with E-state index in [1.165, 1.54) is 18.3 Å². The predicted molar refractivity (Wildman–Crippen MR) is 77.4 cm³/mol. The summed E-state index contributed by atoms with van der Waals surface area (Å²) in [6.07, 6.45) is 0. The third-order valence-electron chi connectivity index (χ3n) is 2.57. The van der Waals surface area contributed by atoms with E-state index in [0.29, 0.717) is 0 Å². The number of carbonyl (C=O) groups excluding carboxylic acids is 1. The average Bonchev–Trinajstić information content (AvgIpc) is 2.55. The molecule has 1 aromatic carbocycles. The fourth-order valence-corrected chi connectivity index (χ4v) is 3.11. The van der Waals surface area contributed by atoms with Gasteiger partial charge in [-0.05, 0) is 24.6 Å². The van der Waals surface area contributed by atoms with Gasteiger partial charge in [0.25, 0.3) is 0 Å². The first-order valence-corrected chi connectivity index (χ1v) is 7.07. The van der Waals surface area contributed by atoms with E-state index in [1.807, 2.05) is 30.7 Å². The SMILES string of the molecule is CC(=O)N=c1sc(C)c(-c2ccc(Br)cc2)n1C. The molecule has 0 spiro atoms. The minimum Gasteiger partial charge on any atom is -0.319 e. The molecule has 0 radical (unpaired) electrons. The van der Waals surface area contributed by atoms with Crippen LogP contribution in [-0.2, 0) is 11.8 Å². The Kier molecular flexibility index (Phi) is 3.82. The summed E-state index contributed by atoms with van der Waals surface area (Å²) in [6, 6.07) is 8.12. The monoisotopic (exact) mass is 324 g/mol. The first kappa shape index (κ1) is 13.2. The second-order valence-electron chi connectivity index (χ2n) is 3.99. The molecule has 0 saturated carbocycles. The van der Waals surface area contributed by atoms with Crippen LogP contribution in [0.15, 0.2) is 33.7 Å². The summed E-state index contributed by atoms with van der Waals surface area (Å²) < 4.78 is 3.01. The highest BCUT2D eigenvalue weighted by Gasteiger charge is 2.10. The molecular formula is C13H13BrN2OS. The van der Waals surface area contributed by atoms with Crippen molar-refractivity contribution in [2.75, 3.05) is 0 Å². The first-order valence-electron chi connectivity index (χ1n) is 5.46. The van der Waals surface area contributed by atoms with Crippen molar-refractivity contribution in [2.45, 2.75) is 13.8 Å². The maximum Gasteiger partial charge on any atom is 0.245 e. The van der Waals surface area contributed by atoms with Gasteiger partial charge in [0.15, 0.2) is 4.80 Å². The van der Waals surface area contributed by atoms with E-state index < -0.39 is 0 Å². The average molecular weight is 325 g/mol. The van der Waals surface area contributed by atoms with Gasteiger partial charge in [-0.3, -0.25) is 4.79 Å². The summed E-state index contributed by atoms with van der Waals surface area (Å²) >= 11 is 4.96. The number of thiazole rings is 1. The van der Waals surface area contributed by atoms with E-state index in [2.05, 4.69) is 33.1 Å². The molecule has 2 aromatic rings. The summed E-state index contributed by atoms with van der Waals surface area (Å²) in [5.41, 5.74) is 2.23. The van der Waals surface area contributed by atoms with Crippen LogP contribution in [0.2, 0.25) is 0 Å². The van der Waals surface area contributed by atoms with Crippen molar-refractivity contribution >= 4 is 33.2 Å². The molecule has 0 unspecified atom stereocenters. The fraction of sp³-hybridized carbons (Fsp3) is 0.231. The Bertz CT molecular complexity index is 653. The standard InChI is InChI=1S/C13H13BrN2OS/c1-8-12(10-4-6-11(14)7-5-10)16(3)13(18-8)15-9(2)17/h4-7H,1-3H3. The molecule has 0 N–H and O–H groups in total. The summed E-state index contributed by atoms with van der Waals surface area (Å²) in [6.45, 7) is 3.51. The number of nitrogens with zero attached hydrogens (tertiary/aromatic N) is 2. The number of carbonyl (C=O) groups is 1. The Morgan fingerprint density at radius 1 is 1.33 bits per heavy atom. The molecular weight excluding hydrogens is 312 g/mol. The zero-order valence-corrected chi connectivity index (χ0v) is 12.8. The van der Waals surface area contributed by atoms with Gasteiger partial charge < -0.3 is 4.57 Å². The van der Waals surface area contributed by atoms with Crippen molar-refractivity contribution in [1.29, 1.82) is 0 Å². The Morgan fingerprint density at radius 2 is 1.94 bits per heavy atom. The lowest BCUT2D eigenvalue weighted by molar-refractivity contribution is -0.116. The van der Waals surface area contributed by atoms with Crippen molar-refractivity contribution in [2.24, 2.45) is 12.0 Å². The molecule has 5 heteroatoms. The van der Waals surface area contributed by atoms with Crippen molar-refractivity contribution in [3.63, 3.8) is 0 Å². The lowest BCUT2D eigenvalue weighted by Crippen LogP contribution is -2.13. The summed E-state index contributed by atoms with van der Waals surface area (Å²) in [4.78, 5) is 17.0. The summed E-state index contributed by atoms with van der Waals surface area (Å²) in [7, 11) is 1.93. The minimum absolute atomic E-state index is 0.172. The van der Waals surface area contributed by atoms with Crippen LogP contribution in [-0.4, -0.2) is 10.5 Å². The number of benzene rings is 1. The van der Waals surface area contributed by atoms with Crippen LogP contribution in [0, 0.1) is 6.92 Å². The molecule has 94 valence electrons. The fourth-order valence-electron chi connectivity index (χ4n) is 1.82. The van der Waals surface area contributed by atoms with Crippen LogP contribution >= 0.6 is 27.3 Å². The van der Waals surface area contributed by atoms with Crippen LogP contribution in [0.3, 0.4) is 0 Å². The minimum atomic E-state index is -0.172. The molecule has 0 saturated heterocycles. The quantitative estimate of drug-likeness (QED) is 0.792. The van der Waals surface area contributed by atoms with Gasteiger partial charge in [0.1, 0.15) is 0 Å². The molecule has 2 rings (SSSR count). The van der Waals surface area contributed by atoms with Gasteiger partial charge in [-0.25, -0.2) is 0 Å². The highest BCUT2D eigenvalue weighted by Crippen LogP contribution is 2.25. The van der Waals surface area contributed by atoms with E-state index >= 15 is 0 Å². The number of rotatable bonds is 1. The number of hydrogen-bond acceptors (Lipinski definition) is 2. The molecule has 0 bridgehead atoms. The van der Waals surface area contributed by atoms with E-state index in [-0.39, 0.29) is 5.91 Å². The Morgan fingerprint density at radius 3 is 2.50 bits per heavy atom. The smallest absolute Gasteiger partial charge is 0.245 e. The van der Waals surface area contributed by atoms with Gasteiger partial charge in [-0.15, -0.1) is 11.3 Å². The second-order valence-corrected chi connectivity index (χ2v) is 6.08. The second kappa shape index (κ2) is 5.20. The molecule has 0 fully saturated rings. The van der Waals surface area contributed by atoms with Crippen molar-refractivity contribution in [3.05, 3.63) is 38.4 Å². The Hall–Kier alpha value is -1.20. The lowest BCUT2D eigenvalue weighted by Gasteiger charge is -2.04. The molecule has 3 nitrogen and oxygen atoms in total. The number of amides is 1. The zero-order valence-electron chi connectivity index (χ0n) is 10.4. The van der Waals surface area contributed by atoms with Gasteiger partial charge in [0, 0.05) is 23.3 Å². The third-order valence-corrected chi connectivity index (χ3v) is 4.15.